The minimum atomic E-state index is 0.166. The van der Waals surface area contributed by atoms with Gasteiger partial charge >= 0.3 is 0 Å². The summed E-state index contributed by atoms with van der Waals surface area (Å²) < 4.78 is 0. The number of carbonyl (C=O) groups is 2. The van der Waals surface area contributed by atoms with Crippen LogP contribution in [0, 0.1) is 5.92 Å². The molecule has 2 heterocycles. The van der Waals surface area contributed by atoms with Crippen molar-refractivity contribution < 1.29 is 9.59 Å². The number of nitrogens with zero attached hydrogens (tertiary/aromatic N) is 2. The lowest BCUT2D eigenvalue weighted by atomic mass is 9.95. The zero-order valence-corrected chi connectivity index (χ0v) is 15.0. The SMILES string of the molecule is O=C(CN1CCC(C(=O)N2CCCCCC2)CC1)NC1CCCC1. The molecule has 0 bridgehead atoms. The molecule has 0 spiro atoms. The molecule has 2 saturated heterocycles. The van der Waals surface area contributed by atoms with Crippen molar-refractivity contribution in [1.82, 2.24) is 15.1 Å². The second kappa shape index (κ2) is 8.84. The van der Waals surface area contributed by atoms with Crippen LogP contribution in [0.2, 0.25) is 0 Å². The molecule has 1 saturated carbocycles. The Balaban J connectivity index is 1.38. The average Bonchev–Trinajstić information content (AvgIpc) is 2.94. The standard InChI is InChI=1S/C19H33N3O2/c23-18(20-17-7-3-4-8-17)15-21-13-9-16(10-14-21)19(24)22-11-5-1-2-6-12-22/h16-17H,1-15H2,(H,20,23). The molecule has 2 aliphatic heterocycles. The van der Waals surface area contributed by atoms with Crippen LogP contribution in [0.25, 0.3) is 0 Å². The quantitative estimate of drug-likeness (QED) is 0.856. The Morgan fingerprint density at radius 1 is 0.792 bits per heavy atom. The Kier molecular flexibility index (Phi) is 6.52. The number of nitrogens with one attached hydrogen (secondary N) is 1. The predicted molar refractivity (Wildman–Crippen MR) is 94.6 cm³/mol. The van der Waals surface area contributed by atoms with Crippen LogP contribution in [0.1, 0.15) is 64.2 Å². The van der Waals surface area contributed by atoms with Crippen LogP contribution >= 0.6 is 0 Å². The third-order valence-corrected chi connectivity index (χ3v) is 5.94. The van der Waals surface area contributed by atoms with Gasteiger partial charge in [0.05, 0.1) is 6.54 Å². The van der Waals surface area contributed by atoms with Gasteiger partial charge in [0, 0.05) is 25.0 Å². The summed E-state index contributed by atoms with van der Waals surface area (Å²) in [4.78, 5) is 29.1. The van der Waals surface area contributed by atoms with E-state index in [0.29, 0.717) is 18.5 Å². The molecule has 1 N–H and O–H groups in total. The van der Waals surface area contributed by atoms with Gasteiger partial charge in [0.25, 0.3) is 0 Å². The van der Waals surface area contributed by atoms with E-state index < -0.39 is 0 Å². The van der Waals surface area contributed by atoms with Gasteiger partial charge in [-0.3, -0.25) is 14.5 Å². The Morgan fingerprint density at radius 2 is 1.42 bits per heavy atom. The molecular formula is C19H33N3O2. The summed E-state index contributed by atoms with van der Waals surface area (Å²) in [7, 11) is 0. The highest BCUT2D eigenvalue weighted by atomic mass is 16.2. The number of hydrogen-bond acceptors (Lipinski definition) is 3. The van der Waals surface area contributed by atoms with Gasteiger partial charge in [-0.05, 0) is 51.6 Å². The first-order chi connectivity index (χ1) is 11.7. The van der Waals surface area contributed by atoms with Gasteiger partial charge in [-0.2, -0.15) is 0 Å². The molecule has 3 aliphatic rings. The van der Waals surface area contributed by atoms with Crippen LogP contribution in [0.4, 0.5) is 0 Å². The number of carbonyl (C=O) groups excluding carboxylic acids is 2. The molecule has 3 fully saturated rings. The van der Waals surface area contributed by atoms with Gasteiger partial charge in [-0.15, -0.1) is 0 Å². The fraction of sp³-hybridized carbons (Fsp3) is 0.895. The van der Waals surface area contributed by atoms with Crippen LogP contribution < -0.4 is 5.32 Å². The highest BCUT2D eigenvalue weighted by Crippen LogP contribution is 2.22. The van der Waals surface area contributed by atoms with E-state index in [9.17, 15) is 9.59 Å². The summed E-state index contributed by atoms with van der Waals surface area (Å²) in [5.41, 5.74) is 0. The molecule has 0 aromatic rings. The van der Waals surface area contributed by atoms with E-state index in [2.05, 4.69) is 15.1 Å². The number of amides is 2. The van der Waals surface area contributed by atoms with Gasteiger partial charge in [0.2, 0.25) is 11.8 Å². The van der Waals surface area contributed by atoms with E-state index >= 15 is 0 Å². The zero-order valence-electron chi connectivity index (χ0n) is 15.0. The Labute approximate surface area is 146 Å². The first-order valence-electron chi connectivity index (χ1n) is 10.0. The minimum absolute atomic E-state index is 0.166. The number of hydrogen-bond donors (Lipinski definition) is 1. The fourth-order valence-electron chi connectivity index (χ4n) is 4.43. The summed E-state index contributed by atoms with van der Waals surface area (Å²) in [5, 5.41) is 3.16. The van der Waals surface area contributed by atoms with Crippen molar-refractivity contribution in [2.45, 2.75) is 70.3 Å². The number of piperidine rings is 1. The molecule has 5 heteroatoms. The molecule has 0 aromatic heterocycles. The summed E-state index contributed by atoms with van der Waals surface area (Å²) in [6, 6.07) is 0.402. The second-order valence-corrected chi connectivity index (χ2v) is 7.84. The van der Waals surface area contributed by atoms with E-state index in [4.69, 9.17) is 0 Å². The first-order valence-corrected chi connectivity index (χ1v) is 10.0. The van der Waals surface area contributed by atoms with E-state index in [1.54, 1.807) is 0 Å². The maximum absolute atomic E-state index is 12.7. The molecule has 0 aromatic carbocycles. The molecule has 5 nitrogen and oxygen atoms in total. The first kappa shape index (κ1) is 17.7. The van der Waals surface area contributed by atoms with Crippen molar-refractivity contribution in [3.8, 4) is 0 Å². The fourth-order valence-corrected chi connectivity index (χ4v) is 4.43. The highest BCUT2D eigenvalue weighted by Gasteiger charge is 2.29. The minimum Gasteiger partial charge on any atom is -0.352 e. The summed E-state index contributed by atoms with van der Waals surface area (Å²) in [6.07, 6.45) is 11.4. The van der Waals surface area contributed by atoms with Crippen LogP contribution in [-0.2, 0) is 9.59 Å². The normalized spacial score (nSPS) is 24.8. The molecule has 3 rings (SSSR count). The molecular weight excluding hydrogens is 302 g/mol. The number of likely N-dealkylation sites (tertiary alicyclic amines) is 2. The molecule has 2 amide bonds. The van der Waals surface area contributed by atoms with Crippen molar-refractivity contribution in [1.29, 1.82) is 0 Å². The monoisotopic (exact) mass is 335 g/mol. The molecule has 0 radical (unpaired) electrons. The van der Waals surface area contributed by atoms with Gasteiger partial charge < -0.3 is 10.2 Å². The van der Waals surface area contributed by atoms with Crippen LogP contribution in [0.5, 0.6) is 0 Å². The maximum Gasteiger partial charge on any atom is 0.234 e. The maximum atomic E-state index is 12.7. The van der Waals surface area contributed by atoms with Gasteiger partial charge in [-0.1, -0.05) is 25.7 Å². The lowest BCUT2D eigenvalue weighted by Crippen LogP contribution is -2.46. The van der Waals surface area contributed by atoms with Crippen molar-refractivity contribution in [2.24, 2.45) is 5.92 Å². The third kappa shape index (κ3) is 4.95. The molecule has 0 atom stereocenters. The van der Waals surface area contributed by atoms with Gasteiger partial charge in [0.15, 0.2) is 0 Å². The van der Waals surface area contributed by atoms with Crippen molar-refractivity contribution in [3.05, 3.63) is 0 Å². The van der Waals surface area contributed by atoms with E-state index in [1.807, 2.05) is 0 Å². The number of rotatable bonds is 4. The zero-order chi connectivity index (χ0) is 16.8. The average molecular weight is 335 g/mol. The highest BCUT2D eigenvalue weighted by molar-refractivity contribution is 5.79. The van der Waals surface area contributed by atoms with Gasteiger partial charge in [-0.25, -0.2) is 0 Å². The Hall–Kier alpha value is -1.10. The van der Waals surface area contributed by atoms with E-state index in [0.717, 1.165) is 64.7 Å². The van der Waals surface area contributed by atoms with Crippen molar-refractivity contribution in [2.75, 3.05) is 32.7 Å². The van der Waals surface area contributed by atoms with Crippen LogP contribution in [0.3, 0.4) is 0 Å². The lowest BCUT2D eigenvalue weighted by Gasteiger charge is -2.33. The van der Waals surface area contributed by atoms with Crippen LogP contribution in [-0.4, -0.2) is 60.4 Å². The van der Waals surface area contributed by atoms with Crippen molar-refractivity contribution >= 4 is 11.8 Å². The molecule has 1 aliphatic carbocycles. The smallest absolute Gasteiger partial charge is 0.234 e. The molecule has 24 heavy (non-hydrogen) atoms. The topological polar surface area (TPSA) is 52.7 Å². The molecule has 136 valence electrons. The second-order valence-electron chi connectivity index (χ2n) is 7.84. The van der Waals surface area contributed by atoms with Crippen LogP contribution in [0.15, 0.2) is 0 Å². The third-order valence-electron chi connectivity index (χ3n) is 5.94. The predicted octanol–water partition coefficient (Wildman–Crippen LogP) is 2.16. The molecule has 0 unspecified atom stereocenters. The van der Waals surface area contributed by atoms with Crippen molar-refractivity contribution in [3.63, 3.8) is 0 Å². The summed E-state index contributed by atoms with van der Waals surface area (Å²) in [5.74, 6) is 0.711. The summed E-state index contributed by atoms with van der Waals surface area (Å²) >= 11 is 0. The summed E-state index contributed by atoms with van der Waals surface area (Å²) in [6.45, 7) is 4.15. The Bertz CT molecular complexity index is 418. The van der Waals surface area contributed by atoms with Gasteiger partial charge in [0.1, 0.15) is 0 Å². The Morgan fingerprint density at radius 3 is 2.04 bits per heavy atom. The van der Waals surface area contributed by atoms with E-state index in [1.165, 1.54) is 25.7 Å². The largest absolute Gasteiger partial charge is 0.352 e. The van der Waals surface area contributed by atoms with E-state index in [-0.39, 0.29) is 11.8 Å². The lowest BCUT2D eigenvalue weighted by molar-refractivity contribution is -0.137.